The minimum Gasteiger partial charge on any atom is -0.368 e. The van der Waals surface area contributed by atoms with Gasteiger partial charge in [0.2, 0.25) is 0 Å². The Balaban J connectivity index is 2.04. The third kappa shape index (κ3) is 4.19. The van der Waals surface area contributed by atoms with Gasteiger partial charge in [-0.1, -0.05) is 11.6 Å². The van der Waals surface area contributed by atoms with Crippen LogP contribution in [0.4, 0.5) is 0 Å². The highest BCUT2D eigenvalue weighted by Gasteiger charge is 2.26. The molecule has 1 saturated carbocycles. The first-order chi connectivity index (χ1) is 10.3. The van der Waals surface area contributed by atoms with E-state index in [4.69, 9.17) is 21.6 Å². The summed E-state index contributed by atoms with van der Waals surface area (Å²) in [6.07, 6.45) is 1.30. The Morgan fingerprint density at radius 2 is 2.23 bits per heavy atom. The van der Waals surface area contributed by atoms with E-state index in [1.807, 2.05) is 10.8 Å². The summed E-state index contributed by atoms with van der Waals surface area (Å²) in [7, 11) is -4.05. The summed E-state index contributed by atoms with van der Waals surface area (Å²) < 4.78 is 31.5. The van der Waals surface area contributed by atoms with E-state index in [9.17, 15) is 13.2 Å². The van der Waals surface area contributed by atoms with E-state index < -0.39 is 22.0 Å². The van der Waals surface area contributed by atoms with Crippen molar-refractivity contribution in [1.29, 1.82) is 5.26 Å². The molecule has 0 radical (unpaired) electrons. The minimum atomic E-state index is -4.05. The summed E-state index contributed by atoms with van der Waals surface area (Å²) in [5.41, 5.74) is 0.160. The van der Waals surface area contributed by atoms with E-state index in [1.54, 1.807) is 0 Å². The van der Waals surface area contributed by atoms with E-state index in [0.29, 0.717) is 12.5 Å². The first-order valence-electron chi connectivity index (χ1n) is 6.71. The van der Waals surface area contributed by atoms with Gasteiger partial charge < -0.3 is 4.74 Å². The average molecular weight is 343 g/mol. The van der Waals surface area contributed by atoms with Crippen molar-refractivity contribution in [2.75, 3.05) is 6.61 Å². The smallest absolute Gasteiger partial charge is 0.264 e. The molecule has 0 aliphatic heterocycles. The highest BCUT2D eigenvalue weighted by molar-refractivity contribution is 7.90. The lowest BCUT2D eigenvalue weighted by Crippen LogP contribution is -2.38. The number of rotatable bonds is 6. The number of nitriles is 1. The van der Waals surface area contributed by atoms with Crippen LogP contribution in [-0.2, 0) is 19.6 Å². The molecule has 1 N–H and O–H groups in total. The third-order valence-corrected chi connectivity index (χ3v) is 4.91. The summed E-state index contributed by atoms with van der Waals surface area (Å²) in [6, 6.07) is 5.47. The topological polar surface area (TPSA) is 96.3 Å². The predicted molar refractivity (Wildman–Crippen MR) is 79.6 cm³/mol. The Bertz CT molecular complexity index is 723. The molecule has 6 nitrogen and oxygen atoms in total. The standard InChI is InChI=1S/C14H15ClN2O4S/c1-9(21-8-10-2-3-10)14(18)17-22(19,20)12-5-4-11(7-16)13(15)6-12/h4-6,9-10H,2-3,8H2,1H3,(H,17,18)/t9-/m1/s1. The van der Waals surface area contributed by atoms with Gasteiger partial charge in [0, 0.05) is 0 Å². The minimum absolute atomic E-state index is 0.0101. The lowest BCUT2D eigenvalue weighted by Gasteiger charge is -2.13. The molecular formula is C14H15ClN2O4S. The van der Waals surface area contributed by atoms with Gasteiger partial charge in [0.25, 0.3) is 15.9 Å². The summed E-state index contributed by atoms with van der Waals surface area (Å²) in [6.45, 7) is 1.95. The zero-order chi connectivity index (χ0) is 16.3. The van der Waals surface area contributed by atoms with Crippen LogP contribution in [0.5, 0.6) is 0 Å². The van der Waals surface area contributed by atoms with Gasteiger partial charge in [-0.25, -0.2) is 13.1 Å². The van der Waals surface area contributed by atoms with Crippen molar-refractivity contribution in [3.63, 3.8) is 0 Å². The second-order valence-corrected chi connectivity index (χ2v) is 7.23. The van der Waals surface area contributed by atoms with Crippen LogP contribution in [0.15, 0.2) is 23.1 Å². The molecule has 8 heteroatoms. The molecule has 0 bridgehead atoms. The van der Waals surface area contributed by atoms with Crippen LogP contribution in [0, 0.1) is 17.2 Å². The van der Waals surface area contributed by atoms with Crippen LogP contribution in [0.1, 0.15) is 25.3 Å². The lowest BCUT2D eigenvalue weighted by molar-refractivity contribution is -0.130. The Labute approximate surface area is 134 Å². The lowest BCUT2D eigenvalue weighted by atomic mass is 10.2. The number of halogens is 1. The molecule has 1 aromatic carbocycles. The Hall–Kier alpha value is -1.62. The number of nitrogens with zero attached hydrogens (tertiary/aromatic N) is 1. The van der Waals surface area contributed by atoms with E-state index in [-0.39, 0.29) is 15.5 Å². The van der Waals surface area contributed by atoms with Gasteiger partial charge in [0.15, 0.2) is 0 Å². The second kappa shape index (κ2) is 6.65. The van der Waals surface area contributed by atoms with Crippen molar-refractivity contribution in [2.45, 2.75) is 30.8 Å². The predicted octanol–water partition coefficient (Wildman–Crippen LogP) is 1.83. The van der Waals surface area contributed by atoms with Gasteiger partial charge in [-0.2, -0.15) is 5.26 Å². The second-order valence-electron chi connectivity index (χ2n) is 5.14. The van der Waals surface area contributed by atoms with Crippen LogP contribution in [0.2, 0.25) is 5.02 Å². The average Bonchev–Trinajstić information content (AvgIpc) is 3.28. The van der Waals surface area contributed by atoms with Crippen LogP contribution in [0.25, 0.3) is 0 Å². The maximum absolute atomic E-state index is 12.1. The van der Waals surface area contributed by atoms with E-state index in [1.165, 1.54) is 19.1 Å². The maximum Gasteiger partial charge on any atom is 0.264 e. The number of benzene rings is 1. The molecular weight excluding hydrogens is 328 g/mol. The summed E-state index contributed by atoms with van der Waals surface area (Å²) in [5.74, 6) is -0.259. The van der Waals surface area contributed by atoms with Gasteiger partial charge in [-0.15, -0.1) is 0 Å². The molecule has 1 atom stereocenters. The normalized spacial score (nSPS) is 15.9. The highest BCUT2D eigenvalue weighted by Crippen LogP contribution is 2.29. The number of amides is 1. The number of sulfonamides is 1. The van der Waals surface area contributed by atoms with Crippen molar-refractivity contribution in [1.82, 2.24) is 4.72 Å². The third-order valence-electron chi connectivity index (χ3n) is 3.25. The quantitative estimate of drug-likeness (QED) is 0.850. The molecule has 1 aliphatic rings. The first-order valence-corrected chi connectivity index (χ1v) is 8.57. The maximum atomic E-state index is 12.1. The van der Waals surface area contributed by atoms with Crippen molar-refractivity contribution in [2.24, 2.45) is 5.92 Å². The number of carbonyl (C=O) groups is 1. The van der Waals surface area contributed by atoms with Crippen LogP contribution >= 0.6 is 11.6 Å². The van der Waals surface area contributed by atoms with Crippen LogP contribution in [0.3, 0.4) is 0 Å². The highest BCUT2D eigenvalue weighted by atomic mass is 35.5. The molecule has 0 aromatic heterocycles. The van der Waals surface area contributed by atoms with E-state index in [2.05, 4.69) is 0 Å². The fourth-order valence-electron chi connectivity index (χ4n) is 1.67. The van der Waals surface area contributed by atoms with E-state index >= 15 is 0 Å². The summed E-state index contributed by atoms with van der Waals surface area (Å²) in [5, 5.41) is 8.78. The number of ether oxygens (including phenoxy) is 1. The molecule has 22 heavy (non-hydrogen) atoms. The first kappa shape index (κ1) is 16.7. The van der Waals surface area contributed by atoms with Crippen molar-refractivity contribution >= 4 is 27.5 Å². The number of nitrogens with one attached hydrogen (secondary N) is 1. The van der Waals surface area contributed by atoms with Gasteiger partial charge in [-0.05, 0) is 43.9 Å². The Morgan fingerprint density at radius 3 is 2.77 bits per heavy atom. The van der Waals surface area contributed by atoms with Crippen molar-refractivity contribution in [3.8, 4) is 6.07 Å². The summed E-state index contributed by atoms with van der Waals surface area (Å²) >= 11 is 5.80. The zero-order valence-corrected chi connectivity index (χ0v) is 13.4. The SMILES string of the molecule is C[C@@H](OCC1CC1)C(=O)NS(=O)(=O)c1ccc(C#N)c(Cl)c1. The fraction of sp³-hybridized carbons (Fsp3) is 0.429. The molecule has 0 unspecified atom stereocenters. The monoisotopic (exact) mass is 342 g/mol. The molecule has 0 spiro atoms. The van der Waals surface area contributed by atoms with Gasteiger partial charge in [-0.3, -0.25) is 4.79 Å². The molecule has 1 aromatic rings. The van der Waals surface area contributed by atoms with Crippen LogP contribution in [-0.4, -0.2) is 27.0 Å². The number of hydrogen-bond acceptors (Lipinski definition) is 5. The van der Waals surface area contributed by atoms with Crippen molar-refractivity contribution in [3.05, 3.63) is 28.8 Å². The zero-order valence-electron chi connectivity index (χ0n) is 11.9. The van der Waals surface area contributed by atoms with Gasteiger partial charge in [0.05, 0.1) is 22.1 Å². The van der Waals surface area contributed by atoms with Gasteiger partial charge >= 0.3 is 0 Å². The van der Waals surface area contributed by atoms with Crippen molar-refractivity contribution < 1.29 is 17.9 Å². The van der Waals surface area contributed by atoms with Crippen LogP contribution < -0.4 is 4.72 Å². The molecule has 118 valence electrons. The number of hydrogen-bond donors (Lipinski definition) is 1. The fourth-order valence-corrected chi connectivity index (χ4v) is 3.02. The number of carbonyl (C=O) groups excluding carboxylic acids is 1. The molecule has 1 amide bonds. The Morgan fingerprint density at radius 1 is 1.55 bits per heavy atom. The molecule has 1 fully saturated rings. The molecule has 1 aliphatic carbocycles. The largest absolute Gasteiger partial charge is 0.368 e. The van der Waals surface area contributed by atoms with Gasteiger partial charge in [0.1, 0.15) is 12.2 Å². The summed E-state index contributed by atoms with van der Waals surface area (Å²) in [4.78, 5) is 11.7. The van der Waals surface area contributed by atoms with E-state index in [0.717, 1.165) is 18.9 Å². The Kier molecular flexibility index (Phi) is 5.06. The molecule has 0 heterocycles. The molecule has 2 rings (SSSR count). The molecule has 0 saturated heterocycles.